The Kier molecular flexibility index (Phi) is 5.07. The van der Waals surface area contributed by atoms with Crippen LogP contribution < -0.4 is 10.2 Å². The number of hydrogen-bond donors (Lipinski definition) is 1. The molecule has 0 aromatic heterocycles. The Balaban J connectivity index is 2.27. The van der Waals surface area contributed by atoms with Crippen LogP contribution in [0.3, 0.4) is 0 Å². The van der Waals surface area contributed by atoms with E-state index in [-0.39, 0.29) is 0 Å². The molecular formula is C15H23BrN2. The summed E-state index contributed by atoms with van der Waals surface area (Å²) in [7, 11) is 0. The number of rotatable bonds is 4. The Morgan fingerprint density at radius 3 is 2.67 bits per heavy atom. The van der Waals surface area contributed by atoms with Gasteiger partial charge in [0.1, 0.15) is 0 Å². The predicted molar refractivity (Wildman–Crippen MR) is 82.3 cm³/mol. The molecule has 1 unspecified atom stereocenters. The lowest BCUT2D eigenvalue weighted by Gasteiger charge is -2.32. The SMILES string of the molecule is CCNC(C)c1cc(Br)ccc1N1CCCCC1. The van der Waals surface area contributed by atoms with E-state index in [1.165, 1.54) is 48.1 Å². The minimum absolute atomic E-state index is 0.407. The van der Waals surface area contributed by atoms with E-state index in [4.69, 9.17) is 0 Å². The summed E-state index contributed by atoms with van der Waals surface area (Å²) in [6.07, 6.45) is 4.03. The lowest BCUT2D eigenvalue weighted by Crippen LogP contribution is -2.31. The molecule has 0 saturated carbocycles. The second-order valence-corrected chi connectivity index (χ2v) is 5.95. The van der Waals surface area contributed by atoms with E-state index in [0.29, 0.717) is 6.04 Å². The number of hydrogen-bond acceptors (Lipinski definition) is 2. The molecule has 0 radical (unpaired) electrons. The first kappa shape index (κ1) is 13.9. The predicted octanol–water partition coefficient (Wildman–Crippen LogP) is 4.11. The summed E-state index contributed by atoms with van der Waals surface area (Å²) in [4.78, 5) is 2.54. The highest BCUT2D eigenvalue weighted by Crippen LogP contribution is 2.31. The molecule has 0 bridgehead atoms. The van der Waals surface area contributed by atoms with Crippen LogP contribution in [0.1, 0.15) is 44.7 Å². The van der Waals surface area contributed by atoms with E-state index in [9.17, 15) is 0 Å². The standard InChI is InChI=1S/C15H23BrN2/c1-3-17-12(2)14-11-13(16)7-8-15(14)18-9-5-4-6-10-18/h7-8,11-12,17H,3-6,9-10H2,1-2H3. The first-order chi connectivity index (χ1) is 8.72. The number of piperidine rings is 1. The van der Waals surface area contributed by atoms with Gasteiger partial charge in [-0.05, 0) is 56.5 Å². The molecule has 1 N–H and O–H groups in total. The molecule has 1 aromatic carbocycles. The Hall–Kier alpha value is -0.540. The summed E-state index contributed by atoms with van der Waals surface area (Å²) in [5.41, 5.74) is 2.82. The zero-order valence-corrected chi connectivity index (χ0v) is 13.0. The Labute approximate surface area is 119 Å². The van der Waals surface area contributed by atoms with Crippen molar-refractivity contribution in [2.45, 2.75) is 39.2 Å². The normalized spacial score (nSPS) is 17.8. The third kappa shape index (κ3) is 3.27. The topological polar surface area (TPSA) is 15.3 Å². The van der Waals surface area contributed by atoms with E-state index in [1.54, 1.807) is 0 Å². The number of benzene rings is 1. The smallest absolute Gasteiger partial charge is 0.0415 e. The molecular weight excluding hydrogens is 288 g/mol. The van der Waals surface area contributed by atoms with Gasteiger partial charge in [-0.15, -0.1) is 0 Å². The van der Waals surface area contributed by atoms with Gasteiger partial charge in [0.05, 0.1) is 0 Å². The molecule has 1 saturated heterocycles. The van der Waals surface area contributed by atoms with Crippen LogP contribution >= 0.6 is 15.9 Å². The zero-order chi connectivity index (χ0) is 13.0. The molecule has 1 atom stereocenters. The molecule has 1 aliphatic rings. The van der Waals surface area contributed by atoms with Crippen LogP contribution in [0.2, 0.25) is 0 Å². The summed E-state index contributed by atoms with van der Waals surface area (Å²) < 4.78 is 1.17. The molecule has 1 fully saturated rings. The van der Waals surface area contributed by atoms with Crippen LogP contribution in [0.4, 0.5) is 5.69 Å². The van der Waals surface area contributed by atoms with E-state index in [0.717, 1.165) is 6.54 Å². The summed E-state index contributed by atoms with van der Waals surface area (Å²) in [5, 5.41) is 3.52. The van der Waals surface area contributed by atoms with Gasteiger partial charge in [-0.3, -0.25) is 0 Å². The van der Waals surface area contributed by atoms with Gasteiger partial charge in [0.2, 0.25) is 0 Å². The Bertz CT molecular complexity index is 386. The molecule has 2 rings (SSSR count). The third-order valence-corrected chi connectivity index (χ3v) is 4.16. The summed E-state index contributed by atoms with van der Waals surface area (Å²) in [6, 6.07) is 7.09. The fourth-order valence-corrected chi connectivity index (χ4v) is 3.09. The van der Waals surface area contributed by atoms with E-state index >= 15 is 0 Å². The first-order valence-corrected chi connectivity index (χ1v) is 7.79. The maximum atomic E-state index is 3.59. The van der Waals surface area contributed by atoms with Gasteiger partial charge in [0, 0.05) is 29.3 Å². The maximum Gasteiger partial charge on any atom is 0.0415 e. The van der Waals surface area contributed by atoms with Crippen LogP contribution in [0.25, 0.3) is 0 Å². The van der Waals surface area contributed by atoms with Crippen molar-refractivity contribution >= 4 is 21.6 Å². The summed E-state index contributed by atoms with van der Waals surface area (Å²) >= 11 is 3.59. The van der Waals surface area contributed by atoms with Crippen molar-refractivity contribution in [3.8, 4) is 0 Å². The van der Waals surface area contributed by atoms with E-state index in [2.05, 4.69) is 58.2 Å². The van der Waals surface area contributed by atoms with Gasteiger partial charge in [-0.1, -0.05) is 22.9 Å². The molecule has 100 valence electrons. The van der Waals surface area contributed by atoms with Gasteiger partial charge in [0.15, 0.2) is 0 Å². The van der Waals surface area contributed by atoms with Crippen LogP contribution in [0.15, 0.2) is 22.7 Å². The van der Waals surface area contributed by atoms with Crippen molar-refractivity contribution < 1.29 is 0 Å². The Morgan fingerprint density at radius 2 is 2.00 bits per heavy atom. The molecule has 1 heterocycles. The van der Waals surface area contributed by atoms with Crippen LogP contribution in [-0.4, -0.2) is 19.6 Å². The van der Waals surface area contributed by atoms with Gasteiger partial charge < -0.3 is 10.2 Å². The lowest BCUT2D eigenvalue weighted by atomic mass is 10.0. The monoisotopic (exact) mass is 310 g/mol. The fraction of sp³-hybridized carbons (Fsp3) is 0.600. The average Bonchev–Trinajstić information content (AvgIpc) is 2.40. The number of halogens is 1. The molecule has 1 aromatic rings. The largest absolute Gasteiger partial charge is 0.371 e. The molecule has 0 aliphatic carbocycles. The lowest BCUT2D eigenvalue weighted by molar-refractivity contribution is 0.563. The van der Waals surface area contributed by atoms with Gasteiger partial charge in [-0.25, -0.2) is 0 Å². The minimum Gasteiger partial charge on any atom is -0.371 e. The molecule has 0 spiro atoms. The second kappa shape index (κ2) is 6.58. The molecule has 3 heteroatoms. The van der Waals surface area contributed by atoms with Gasteiger partial charge >= 0.3 is 0 Å². The van der Waals surface area contributed by atoms with E-state index in [1.807, 2.05) is 0 Å². The van der Waals surface area contributed by atoms with Crippen LogP contribution in [-0.2, 0) is 0 Å². The summed E-state index contributed by atoms with van der Waals surface area (Å²) in [5.74, 6) is 0. The van der Waals surface area contributed by atoms with Crippen molar-refractivity contribution in [1.82, 2.24) is 5.32 Å². The Morgan fingerprint density at radius 1 is 1.28 bits per heavy atom. The van der Waals surface area contributed by atoms with Crippen molar-refractivity contribution in [1.29, 1.82) is 0 Å². The summed E-state index contributed by atoms with van der Waals surface area (Å²) in [6.45, 7) is 7.82. The fourth-order valence-electron chi connectivity index (χ4n) is 2.71. The average molecular weight is 311 g/mol. The number of nitrogens with zero attached hydrogens (tertiary/aromatic N) is 1. The van der Waals surface area contributed by atoms with E-state index < -0.39 is 0 Å². The quantitative estimate of drug-likeness (QED) is 0.900. The van der Waals surface area contributed by atoms with Gasteiger partial charge in [0.25, 0.3) is 0 Å². The maximum absolute atomic E-state index is 3.59. The number of anilines is 1. The highest BCUT2D eigenvalue weighted by Gasteiger charge is 2.17. The number of nitrogens with one attached hydrogen (secondary N) is 1. The highest BCUT2D eigenvalue weighted by molar-refractivity contribution is 9.10. The highest BCUT2D eigenvalue weighted by atomic mass is 79.9. The first-order valence-electron chi connectivity index (χ1n) is 7.00. The van der Waals surface area contributed by atoms with Gasteiger partial charge in [-0.2, -0.15) is 0 Å². The second-order valence-electron chi connectivity index (χ2n) is 5.03. The molecule has 2 nitrogen and oxygen atoms in total. The van der Waals surface area contributed by atoms with Crippen LogP contribution in [0, 0.1) is 0 Å². The van der Waals surface area contributed by atoms with Crippen molar-refractivity contribution in [3.63, 3.8) is 0 Å². The molecule has 0 amide bonds. The van der Waals surface area contributed by atoms with Crippen LogP contribution in [0.5, 0.6) is 0 Å². The van der Waals surface area contributed by atoms with Crippen molar-refractivity contribution in [3.05, 3.63) is 28.2 Å². The zero-order valence-electron chi connectivity index (χ0n) is 11.4. The van der Waals surface area contributed by atoms with Crippen molar-refractivity contribution in [2.24, 2.45) is 0 Å². The van der Waals surface area contributed by atoms with Crippen molar-refractivity contribution in [2.75, 3.05) is 24.5 Å². The third-order valence-electron chi connectivity index (χ3n) is 3.66. The molecule has 18 heavy (non-hydrogen) atoms. The molecule has 1 aliphatic heterocycles. The minimum atomic E-state index is 0.407.